The van der Waals surface area contributed by atoms with Crippen LogP contribution >= 0.6 is 0 Å². The van der Waals surface area contributed by atoms with Crippen molar-refractivity contribution in [3.63, 3.8) is 0 Å². The highest BCUT2D eigenvalue weighted by Gasteiger charge is 2.43. The number of non-ortho nitro benzene ring substituents is 1. The fourth-order valence-corrected chi connectivity index (χ4v) is 4.70. The van der Waals surface area contributed by atoms with Crippen LogP contribution in [0.1, 0.15) is 53.0 Å². The summed E-state index contributed by atoms with van der Waals surface area (Å²) in [5.41, 5.74) is 1.24. The quantitative estimate of drug-likeness (QED) is 0.398. The van der Waals surface area contributed by atoms with Crippen LogP contribution in [0, 0.1) is 10.1 Å². The number of rotatable bonds is 2. The zero-order valence-corrected chi connectivity index (χ0v) is 20.3. The maximum absolute atomic E-state index is 13.3. The third-order valence-corrected chi connectivity index (χ3v) is 6.44. The van der Waals surface area contributed by atoms with E-state index in [0.29, 0.717) is 55.0 Å². The molecule has 3 aliphatic heterocycles. The molecule has 2 amide bonds. The maximum Gasteiger partial charge on any atom is 0.410 e. The molecule has 0 aromatic heterocycles. The Morgan fingerprint density at radius 3 is 2.47 bits per heavy atom. The Morgan fingerprint density at radius 1 is 1.26 bits per heavy atom. The molecule has 34 heavy (non-hydrogen) atoms. The number of nitro groups is 1. The van der Waals surface area contributed by atoms with Crippen LogP contribution in [0.15, 0.2) is 23.9 Å². The molecular weight excluding hydrogens is 440 g/mol. The molecule has 1 N–H and O–H groups in total. The van der Waals surface area contributed by atoms with Crippen molar-refractivity contribution in [2.75, 3.05) is 31.1 Å². The number of fused-ring (bicyclic) bond motifs is 1. The molecule has 3 heterocycles. The highest BCUT2D eigenvalue weighted by molar-refractivity contribution is 6.33. The lowest BCUT2D eigenvalue weighted by Crippen LogP contribution is -2.56. The number of nitrogens with zero attached hydrogens (tertiary/aromatic N) is 3. The van der Waals surface area contributed by atoms with Gasteiger partial charge in [-0.25, -0.2) is 4.79 Å². The summed E-state index contributed by atoms with van der Waals surface area (Å²) in [7, 11) is 0. The van der Waals surface area contributed by atoms with Crippen molar-refractivity contribution in [1.29, 1.82) is 0 Å². The van der Waals surface area contributed by atoms with Crippen LogP contribution in [0.4, 0.5) is 16.2 Å². The Kier molecular flexibility index (Phi) is 6.05. The van der Waals surface area contributed by atoms with Gasteiger partial charge >= 0.3 is 6.09 Å². The fourth-order valence-electron chi connectivity index (χ4n) is 4.70. The summed E-state index contributed by atoms with van der Waals surface area (Å²) in [6.07, 6.45) is 0.976. The first-order valence-electron chi connectivity index (χ1n) is 11.6. The number of carbonyl (C=O) groups is 2. The Bertz CT molecular complexity index is 1040. The van der Waals surface area contributed by atoms with E-state index in [0.717, 1.165) is 0 Å². The molecule has 1 aromatic rings. The van der Waals surface area contributed by atoms with Crippen LogP contribution in [0.3, 0.4) is 0 Å². The largest absolute Gasteiger partial charge is 0.444 e. The minimum absolute atomic E-state index is 0.0574. The predicted molar refractivity (Wildman–Crippen MR) is 126 cm³/mol. The first-order chi connectivity index (χ1) is 15.9. The van der Waals surface area contributed by atoms with Crippen molar-refractivity contribution in [3.05, 3.63) is 39.6 Å². The molecule has 0 aliphatic carbocycles. The van der Waals surface area contributed by atoms with E-state index in [2.05, 4.69) is 5.32 Å². The molecule has 2 saturated heterocycles. The first-order valence-corrected chi connectivity index (χ1v) is 11.6. The monoisotopic (exact) mass is 472 g/mol. The van der Waals surface area contributed by atoms with Crippen LogP contribution in [0.2, 0.25) is 0 Å². The highest BCUT2D eigenvalue weighted by Crippen LogP contribution is 2.42. The number of benzene rings is 1. The summed E-state index contributed by atoms with van der Waals surface area (Å²) in [6, 6.07) is 4.42. The second-order valence-electron chi connectivity index (χ2n) is 10.4. The number of ether oxygens (including phenoxy) is 2. The molecule has 184 valence electrons. The predicted octanol–water partition coefficient (Wildman–Crippen LogP) is 3.45. The van der Waals surface area contributed by atoms with E-state index in [-0.39, 0.29) is 30.3 Å². The minimum atomic E-state index is -0.542. The normalized spacial score (nSPS) is 22.1. The molecule has 1 aromatic carbocycles. The smallest absolute Gasteiger partial charge is 0.410 e. The van der Waals surface area contributed by atoms with Crippen LogP contribution in [-0.2, 0) is 14.3 Å². The molecule has 0 saturated carbocycles. The van der Waals surface area contributed by atoms with Gasteiger partial charge in [0.05, 0.1) is 34.1 Å². The standard InChI is InChI=1S/C24H32N4O6/c1-15(2)27-19-7-6-16(28(31)32)12-17(19)20(21(27)29)18-13-33-24(14-25-18)8-10-26(11-9-24)22(30)34-23(3,4)5/h6-7,12,15,25H,8-11,13-14H2,1-5H3/b20-18-. The number of hydrogen-bond donors (Lipinski definition) is 1. The van der Waals surface area contributed by atoms with Gasteiger partial charge in [0.2, 0.25) is 0 Å². The average Bonchev–Trinajstić information content (AvgIpc) is 3.05. The van der Waals surface area contributed by atoms with E-state index in [1.807, 2.05) is 34.6 Å². The van der Waals surface area contributed by atoms with Crippen LogP contribution in [0.5, 0.6) is 0 Å². The van der Waals surface area contributed by atoms with Gasteiger partial charge in [-0.3, -0.25) is 14.9 Å². The second-order valence-corrected chi connectivity index (χ2v) is 10.4. The zero-order chi connectivity index (χ0) is 24.8. The number of piperidine rings is 1. The molecule has 10 heteroatoms. The van der Waals surface area contributed by atoms with E-state index in [9.17, 15) is 19.7 Å². The van der Waals surface area contributed by atoms with E-state index < -0.39 is 16.1 Å². The average molecular weight is 473 g/mol. The second kappa shape index (κ2) is 8.57. The van der Waals surface area contributed by atoms with Gasteiger partial charge in [0.1, 0.15) is 5.60 Å². The van der Waals surface area contributed by atoms with Gasteiger partial charge in [0, 0.05) is 43.4 Å². The van der Waals surface area contributed by atoms with E-state index in [1.54, 1.807) is 15.9 Å². The van der Waals surface area contributed by atoms with Gasteiger partial charge in [-0.15, -0.1) is 0 Å². The zero-order valence-electron chi connectivity index (χ0n) is 20.3. The summed E-state index contributed by atoms with van der Waals surface area (Å²) < 4.78 is 11.8. The van der Waals surface area contributed by atoms with Crippen LogP contribution < -0.4 is 10.2 Å². The van der Waals surface area contributed by atoms with Gasteiger partial charge < -0.3 is 24.6 Å². The van der Waals surface area contributed by atoms with Crippen molar-refractivity contribution in [2.45, 2.75) is 64.7 Å². The lowest BCUT2D eigenvalue weighted by molar-refractivity contribution is -0.384. The van der Waals surface area contributed by atoms with Crippen LogP contribution in [-0.4, -0.2) is 65.3 Å². The number of morpholine rings is 1. The number of likely N-dealkylation sites (tertiary alicyclic amines) is 1. The van der Waals surface area contributed by atoms with E-state index >= 15 is 0 Å². The van der Waals surface area contributed by atoms with Gasteiger partial charge in [0.15, 0.2) is 0 Å². The number of amides is 2. The molecule has 0 atom stereocenters. The van der Waals surface area contributed by atoms with Gasteiger partial charge in [-0.2, -0.15) is 0 Å². The Morgan fingerprint density at radius 2 is 1.94 bits per heavy atom. The molecule has 0 unspecified atom stereocenters. The molecule has 1 spiro atoms. The molecule has 10 nitrogen and oxygen atoms in total. The van der Waals surface area contributed by atoms with Crippen molar-refractivity contribution in [2.24, 2.45) is 0 Å². The number of hydrogen-bond acceptors (Lipinski definition) is 7. The Labute approximate surface area is 199 Å². The number of nitrogens with one attached hydrogen (secondary N) is 1. The molecule has 2 fully saturated rings. The molecular formula is C24H32N4O6. The summed E-state index contributed by atoms with van der Waals surface area (Å²) in [4.78, 5) is 40.0. The van der Waals surface area contributed by atoms with Crippen molar-refractivity contribution >= 4 is 28.9 Å². The third-order valence-electron chi connectivity index (χ3n) is 6.44. The van der Waals surface area contributed by atoms with Gasteiger partial charge in [0.25, 0.3) is 11.6 Å². The maximum atomic E-state index is 13.3. The number of carbonyl (C=O) groups excluding carboxylic acids is 2. The number of anilines is 1. The summed E-state index contributed by atoms with van der Waals surface area (Å²) in [5.74, 6) is -0.188. The minimum Gasteiger partial charge on any atom is -0.444 e. The SMILES string of the molecule is CC(C)N1C(=O)/C(=C2/COC3(CCN(C(=O)OC(C)(C)C)CC3)CN2)c2cc([N+](=O)[O-])ccc21. The van der Waals surface area contributed by atoms with Crippen molar-refractivity contribution in [3.8, 4) is 0 Å². The molecule has 3 aliphatic rings. The van der Waals surface area contributed by atoms with E-state index in [4.69, 9.17) is 9.47 Å². The topological polar surface area (TPSA) is 114 Å². The van der Waals surface area contributed by atoms with Gasteiger partial charge in [-0.1, -0.05) is 0 Å². The fraction of sp³-hybridized carbons (Fsp3) is 0.583. The summed E-state index contributed by atoms with van der Waals surface area (Å²) >= 11 is 0. The van der Waals surface area contributed by atoms with Crippen molar-refractivity contribution in [1.82, 2.24) is 10.2 Å². The summed E-state index contributed by atoms with van der Waals surface area (Å²) in [6.45, 7) is 11.1. The van der Waals surface area contributed by atoms with Gasteiger partial charge in [-0.05, 0) is 53.5 Å². The molecule has 0 radical (unpaired) electrons. The first kappa shape index (κ1) is 24.0. The van der Waals surface area contributed by atoms with Crippen LogP contribution in [0.25, 0.3) is 5.57 Å². The lowest BCUT2D eigenvalue weighted by atomic mass is 9.89. The third kappa shape index (κ3) is 4.46. The lowest BCUT2D eigenvalue weighted by Gasteiger charge is -2.45. The Hall–Kier alpha value is -3.14. The molecule has 0 bridgehead atoms. The van der Waals surface area contributed by atoms with E-state index in [1.165, 1.54) is 12.1 Å². The summed E-state index contributed by atoms with van der Waals surface area (Å²) in [5, 5.41) is 14.7. The highest BCUT2D eigenvalue weighted by atomic mass is 16.6. The number of nitro benzene ring substituents is 1. The molecule has 4 rings (SSSR count). The van der Waals surface area contributed by atoms with Crippen molar-refractivity contribution < 1.29 is 24.0 Å². The Balaban J connectivity index is 1.52.